The van der Waals surface area contributed by atoms with Crippen LogP contribution < -0.4 is 5.32 Å². The predicted molar refractivity (Wildman–Crippen MR) is 87.4 cm³/mol. The number of non-ortho nitro benzene ring substituents is 1. The summed E-state index contributed by atoms with van der Waals surface area (Å²) in [6.45, 7) is 2.54. The Morgan fingerprint density at radius 1 is 1.13 bits per heavy atom. The largest absolute Gasteiger partial charge is 0.372 e. The topological polar surface area (TPSA) is 76.8 Å². The molecule has 118 valence electrons. The van der Waals surface area contributed by atoms with E-state index in [1.165, 1.54) is 12.1 Å². The van der Waals surface area contributed by atoms with Gasteiger partial charge in [-0.1, -0.05) is 24.3 Å². The molecule has 0 unspecified atom stereocenters. The van der Waals surface area contributed by atoms with Crippen LogP contribution in [0.15, 0.2) is 53.5 Å². The van der Waals surface area contributed by atoms with E-state index in [4.69, 9.17) is 4.74 Å². The Labute approximate surface area is 134 Å². The Morgan fingerprint density at radius 3 is 2.61 bits per heavy atom. The van der Waals surface area contributed by atoms with Gasteiger partial charge in [-0.05, 0) is 23.3 Å². The Kier molecular flexibility index (Phi) is 4.63. The average molecular weight is 311 g/mol. The minimum Gasteiger partial charge on any atom is -0.372 e. The second-order valence-electron chi connectivity index (χ2n) is 5.23. The average Bonchev–Trinajstić information content (AvgIpc) is 3.10. The number of ether oxygens (including phenoxy) is 1. The third-order valence-corrected chi connectivity index (χ3v) is 3.62. The number of hydrogen-bond acceptors (Lipinski definition) is 5. The number of benzene rings is 2. The predicted octanol–water partition coefficient (Wildman–Crippen LogP) is 2.66. The second-order valence-corrected chi connectivity index (χ2v) is 5.23. The molecule has 0 fully saturated rings. The van der Waals surface area contributed by atoms with Crippen molar-refractivity contribution in [3.63, 3.8) is 0 Å². The smallest absolute Gasteiger partial charge is 0.269 e. The standard InChI is InChI=1S/C17H17N3O3/c21-20(22)15-7-5-13(6-8-15)11-23-12-14-3-1-2-4-16(14)17-18-9-10-19-17/h1-8H,9-12H2,(H,18,19). The summed E-state index contributed by atoms with van der Waals surface area (Å²) < 4.78 is 5.75. The third-order valence-electron chi connectivity index (χ3n) is 3.62. The minimum atomic E-state index is -0.407. The van der Waals surface area contributed by atoms with E-state index in [0.29, 0.717) is 13.2 Å². The molecule has 0 atom stereocenters. The molecular weight excluding hydrogens is 294 g/mol. The normalized spacial score (nSPS) is 13.5. The molecule has 2 aromatic rings. The van der Waals surface area contributed by atoms with Gasteiger partial charge in [0.1, 0.15) is 5.84 Å². The van der Waals surface area contributed by atoms with E-state index < -0.39 is 4.92 Å². The fourth-order valence-corrected chi connectivity index (χ4v) is 2.45. The number of hydrogen-bond donors (Lipinski definition) is 1. The molecule has 6 nitrogen and oxygen atoms in total. The third kappa shape index (κ3) is 3.73. The number of rotatable bonds is 6. The summed E-state index contributed by atoms with van der Waals surface area (Å²) in [5.74, 6) is 0.916. The summed E-state index contributed by atoms with van der Waals surface area (Å²) in [7, 11) is 0. The van der Waals surface area contributed by atoms with Crippen molar-refractivity contribution in [3.8, 4) is 0 Å². The number of nitrogens with one attached hydrogen (secondary N) is 1. The molecule has 0 saturated carbocycles. The Morgan fingerprint density at radius 2 is 1.91 bits per heavy atom. The van der Waals surface area contributed by atoms with Gasteiger partial charge in [-0.15, -0.1) is 0 Å². The minimum absolute atomic E-state index is 0.0874. The first-order chi connectivity index (χ1) is 11.2. The van der Waals surface area contributed by atoms with Crippen molar-refractivity contribution >= 4 is 11.5 Å². The summed E-state index contributed by atoms with van der Waals surface area (Å²) in [4.78, 5) is 14.7. The van der Waals surface area contributed by atoms with Crippen LogP contribution in [0, 0.1) is 10.1 Å². The van der Waals surface area contributed by atoms with E-state index in [1.54, 1.807) is 12.1 Å². The lowest BCUT2D eigenvalue weighted by atomic mass is 10.1. The maximum absolute atomic E-state index is 10.6. The molecule has 0 amide bonds. The summed E-state index contributed by atoms with van der Waals surface area (Å²) in [6, 6.07) is 14.4. The molecule has 0 saturated heterocycles. The molecular formula is C17H17N3O3. The fourth-order valence-electron chi connectivity index (χ4n) is 2.45. The van der Waals surface area contributed by atoms with Gasteiger partial charge in [-0.2, -0.15) is 0 Å². The van der Waals surface area contributed by atoms with Gasteiger partial charge in [-0.3, -0.25) is 15.1 Å². The van der Waals surface area contributed by atoms with Crippen molar-refractivity contribution in [1.29, 1.82) is 0 Å². The van der Waals surface area contributed by atoms with Gasteiger partial charge in [0.2, 0.25) is 0 Å². The van der Waals surface area contributed by atoms with Gasteiger partial charge in [-0.25, -0.2) is 0 Å². The first-order valence-electron chi connectivity index (χ1n) is 7.42. The van der Waals surface area contributed by atoms with Gasteiger partial charge in [0.25, 0.3) is 5.69 Å². The van der Waals surface area contributed by atoms with Crippen molar-refractivity contribution in [2.45, 2.75) is 13.2 Å². The van der Waals surface area contributed by atoms with E-state index in [2.05, 4.69) is 10.3 Å². The maximum Gasteiger partial charge on any atom is 0.269 e. The molecule has 0 radical (unpaired) electrons. The molecule has 23 heavy (non-hydrogen) atoms. The van der Waals surface area contributed by atoms with Crippen molar-refractivity contribution in [2.24, 2.45) is 4.99 Å². The van der Waals surface area contributed by atoms with Crippen molar-refractivity contribution in [2.75, 3.05) is 13.1 Å². The van der Waals surface area contributed by atoms with Crippen LogP contribution in [0.2, 0.25) is 0 Å². The highest BCUT2D eigenvalue weighted by Gasteiger charge is 2.12. The van der Waals surface area contributed by atoms with Gasteiger partial charge in [0, 0.05) is 24.2 Å². The molecule has 1 aliphatic rings. The SMILES string of the molecule is O=[N+]([O-])c1ccc(COCc2ccccc2C2=NCCN2)cc1. The molecule has 6 heteroatoms. The summed E-state index contributed by atoms with van der Waals surface area (Å²) in [5.41, 5.74) is 3.13. The highest BCUT2D eigenvalue weighted by molar-refractivity contribution is 6.00. The summed E-state index contributed by atoms with van der Waals surface area (Å²) in [6.07, 6.45) is 0. The molecule has 1 aliphatic heterocycles. The van der Waals surface area contributed by atoms with E-state index in [-0.39, 0.29) is 5.69 Å². The maximum atomic E-state index is 10.6. The lowest BCUT2D eigenvalue weighted by molar-refractivity contribution is -0.384. The Bertz CT molecular complexity index is 726. The monoisotopic (exact) mass is 311 g/mol. The molecule has 1 heterocycles. The number of amidine groups is 1. The van der Waals surface area contributed by atoms with Crippen molar-refractivity contribution < 1.29 is 9.66 Å². The van der Waals surface area contributed by atoms with Gasteiger partial charge < -0.3 is 10.1 Å². The highest BCUT2D eigenvalue weighted by Crippen LogP contribution is 2.15. The van der Waals surface area contributed by atoms with Crippen molar-refractivity contribution in [1.82, 2.24) is 5.32 Å². The van der Waals surface area contributed by atoms with E-state index >= 15 is 0 Å². The van der Waals surface area contributed by atoms with Gasteiger partial charge in [0.15, 0.2) is 0 Å². The molecule has 1 N–H and O–H groups in total. The molecule has 0 aliphatic carbocycles. The molecule has 2 aromatic carbocycles. The molecule has 0 aromatic heterocycles. The van der Waals surface area contributed by atoms with E-state index in [1.807, 2.05) is 24.3 Å². The second kappa shape index (κ2) is 7.02. The number of nitro benzene ring substituents is 1. The Hall–Kier alpha value is -2.73. The van der Waals surface area contributed by atoms with Crippen LogP contribution in [-0.4, -0.2) is 23.8 Å². The molecule has 3 rings (SSSR count). The van der Waals surface area contributed by atoms with Crippen LogP contribution in [-0.2, 0) is 18.0 Å². The van der Waals surface area contributed by atoms with Crippen LogP contribution >= 0.6 is 0 Å². The quantitative estimate of drug-likeness (QED) is 0.657. The number of aliphatic imine (C=N–C) groups is 1. The zero-order valence-corrected chi connectivity index (χ0v) is 12.6. The van der Waals surface area contributed by atoms with E-state index in [0.717, 1.165) is 35.6 Å². The number of nitrogens with zero attached hydrogens (tertiary/aromatic N) is 2. The van der Waals surface area contributed by atoms with Crippen LogP contribution in [0.1, 0.15) is 16.7 Å². The van der Waals surface area contributed by atoms with Gasteiger partial charge in [0.05, 0.1) is 24.7 Å². The molecule has 0 bridgehead atoms. The first kappa shape index (κ1) is 15.2. The first-order valence-corrected chi connectivity index (χ1v) is 7.42. The zero-order valence-electron chi connectivity index (χ0n) is 12.6. The summed E-state index contributed by atoms with van der Waals surface area (Å²) in [5, 5.41) is 13.9. The van der Waals surface area contributed by atoms with Crippen LogP contribution in [0.5, 0.6) is 0 Å². The van der Waals surface area contributed by atoms with Crippen LogP contribution in [0.3, 0.4) is 0 Å². The highest BCUT2D eigenvalue weighted by atomic mass is 16.6. The number of nitro groups is 1. The molecule has 0 spiro atoms. The fraction of sp³-hybridized carbons (Fsp3) is 0.235. The van der Waals surface area contributed by atoms with E-state index in [9.17, 15) is 10.1 Å². The Balaban J connectivity index is 1.61. The van der Waals surface area contributed by atoms with Gasteiger partial charge >= 0.3 is 0 Å². The lowest BCUT2D eigenvalue weighted by Crippen LogP contribution is -2.21. The summed E-state index contributed by atoms with van der Waals surface area (Å²) >= 11 is 0. The van der Waals surface area contributed by atoms with Crippen LogP contribution in [0.4, 0.5) is 5.69 Å². The van der Waals surface area contributed by atoms with Crippen LogP contribution in [0.25, 0.3) is 0 Å². The van der Waals surface area contributed by atoms with Crippen molar-refractivity contribution in [3.05, 3.63) is 75.3 Å². The zero-order chi connectivity index (χ0) is 16.1. The lowest BCUT2D eigenvalue weighted by Gasteiger charge is -2.10.